The number of nitrogens with one attached hydrogen (secondary N) is 2. The summed E-state index contributed by atoms with van der Waals surface area (Å²) in [6.45, 7) is 4.53. The Morgan fingerprint density at radius 3 is 2.79 bits per heavy atom. The van der Waals surface area contributed by atoms with Crippen molar-refractivity contribution in [3.8, 4) is 11.5 Å². The first-order valence-electron chi connectivity index (χ1n) is 13.6. The molecule has 5 aliphatic heterocycles. The van der Waals surface area contributed by atoms with Crippen molar-refractivity contribution in [2.75, 3.05) is 13.7 Å². The zero-order valence-electron chi connectivity index (χ0n) is 22.5. The molecule has 5 heterocycles. The summed E-state index contributed by atoms with van der Waals surface area (Å²) < 4.78 is 12.2. The second-order valence-corrected chi connectivity index (χ2v) is 11.2. The fourth-order valence-electron chi connectivity index (χ4n) is 5.99. The maximum atomic E-state index is 13.7. The molecule has 0 saturated carbocycles. The molecule has 9 heteroatoms. The van der Waals surface area contributed by atoms with Crippen LogP contribution in [0, 0.1) is 0 Å². The molecule has 0 radical (unpaired) electrons. The number of hydroxylamine groups is 1. The van der Waals surface area contributed by atoms with Crippen molar-refractivity contribution in [3.05, 3.63) is 64.7 Å². The highest BCUT2D eigenvalue weighted by atomic mass is 16.6. The van der Waals surface area contributed by atoms with Crippen LogP contribution in [0.1, 0.15) is 85.1 Å². The minimum absolute atomic E-state index is 0.0305. The Balaban J connectivity index is 1.44. The van der Waals surface area contributed by atoms with Crippen LogP contribution in [0.3, 0.4) is 0 Å². The van der Waals surface area contributed by atoms with E-state index >= 15 is 0 Å². The highest BCUT2D eigenvalue weighted by molar-refractivity contribution is 6.00. The van der Waals surface area contributed by atoms with E-state index in [9.17, 15) is 9.59 Å². The topological polar surface area (TPSA) is 101 Å². The number of carbonyl (C=O) groups is 2. The fourth-order valence-corrected chi connectivity index (χ4v) is 5.99. The molecule has 0 aliphatic carbocycles. The maximum Gasteiger partial charge on any atom is 0.251 e. The lowest BCUT2D eigenvalue weighted by atomic mass is 9.88. The van der Waals surface area contributed by atoms with Gasteiger partial charge >= 0.3 is 0 Å². The van der Waals surface area contributed by atoms with E-state index < -0.39 is 5.60 Å². The van der Waals surface area contributed by atoms with Crippen LogP contribution in [0.5, 0.6) is 11.5 Å². The minimum Gasteiger partial charge on any atom is -0.493 e. The summed E-state index contributed by atoms with van der Waals surface area (Å²) in [7, 11) is 1.51. The molecule has 204 valence electrons. The standard InChI is InChI=1S/C30H34N4O5/c1-30(2)17-23-21-14-18(8-10-26(21)39-30)6-4-5-7-20-16-27(35)34(29(31-20)33-37-3)24-12-13-38-25-11-9-19(15-22(24)25)28(36)32-23/h4,6,8-11,14-15,20,23-24H,5,7,12-13,16-17H2,1-3H3,(H,31,33)(H,32,36)/b6-4+/t20?,23?,24-/m1/s1. The normalized spacial score (nSPS) is 26.3. The van der Waals surface area contributed by atoms with Gasteiger partial charge in [-0.25, -0.2) is 10.5 Å². The maximum absolute atomic E-state index is 13.7. The zero-order valence-corrected chi connectivity index (χ0v) is 22.5. The number of hydrogen-bond acceptors (Lipinski definition) is 7. The Hall–Kier alpha value is -3.85. The lowest BCUT2D eigenvalue weighted by Crippen LogP contribution is -2.51. The van der Waals surface area contributed by atoms with Crippen LogP contribution in [0.2, 0.25) is 0 Å². The minimum atomic E-state index is -0.426. The first kappa shape index (κ1) is 25.4. The Bertz CT molecular complexity index is 1370. The number of aliphatic imine (C=N–C) groups is 1. The third-order valence-corrected chi connectivity index (χ3v) is 7.77. The smallest absolute Gasteiger partial charge is 0.251 e. The van der Waals surface area contributed by atoms with Crippen molar-refractivity contribution in [1.82, 2.24) is 15.7 Å². The highest BCUT2D eigenvalue weighted by Crippen LogP contribution is 2.41. The third kappa shape index (κ3) is 4.98. The number of guanidine groups is 1. The number of nitrogens with zero attached hydrogens (tertiary/aromatic N) is 2. The van der Waals surface area contributed by atoms with E-state index in [-0.39, 0.29) is 29.9 Å². The molecule has 9 nitrogen and oxygen atoms in total. The van der Waals surface area contributed by atoms with Gasteiger partial charge < -0.3 is 14.8 Å². The molecule has 2 aromatic rings. The van der Waals surface area contributed by atoms with Crippen molar-refractivity contribution in [1.29, 1.82) is 0 Å². The fraction of sp³-hybridized carbons (Fsp3) is 0.433. The van der Waals surface area contributed by atoms with Gasteiger partial charge in [-0.15, -0.1) is 0 Å². The Morgan fingerprint density at radius 2 is 1.95 bits per heavy atom. The first-order valence-corrected chi connectivity index (χ1v) is 13.6. The summed E-state index contributed by atoms with van der Waals surface area (Å²) >= 11 is 0. The van der Waals surface area contributed by atoms with E-state index in [0.29, 0.717) is 43.1 Å². The summed E-state index contributed by atoms with van der Waals surface area (Å²) in [5.41, 5.74) is 5.70. The number of carbonyl (C=O) groups excluding carboxylic acids is 2. The van der Waals surface area contributed by atoms with Crippen molar-refractivity contribution in [3.63, 3.8) is 0 Å². The molecule has 5 aliphatic rings. The van der Waals surface area contributed by atoms with E-state index in [1.54, 1.807) is 11.0 Å². The molecule has 0 fully saturated rings. The van der Waals surface area contributed by atoms with Gasteiger partial charge in [0.25, 0.3) is 5.91 Å². The quantitative estimate of drug-likeness (QED) is 0.528. The van der Waals surface area contributed by atoms with E-state index in [1.807, 2.05) is 38.1 Å². The molecule has 2 aromatic carbocycles. The highest BCUT2D eigenvalue weighted by Gasteiger charge is 2.39. The molecule has 0 spiro atoms. The summed E-state index contributed by atoms with van der Waals surface area (Å²) in [6, 6.07) is 10.8. The van der Waals surface area contributed by atoms with Crippen LogP contribution in [-0.2, 0) is 9.63 Å². The number of hydrogen-bond donors (Lipinski definition) is 2. The second-order valence-electron chi connectivity index (χ2n) is 11.2. The van der Waals surface area contributed by atoms with Gasteiger partial charge in [-0.3, -0.25) is 19.3 Å². The van der Waals surface area contributed by atoms with Crippen LogP contribution < -0.4 is 20.3 Å². The average Bonchev–Trinajstić information content (AvgIpc) is 2.90. The predicted molar refractivity (Wildman–Crippen MR) is 146 cm³/mol. The number of allylic oxidation sites excluding steroid dienone is 1. The van der Waals surface area contributed by atoms with Crippen LogP contribution in [0.25, 0.3) is 6.08 Å². The van der Waals surface area contributed by atoms with E-state index in [1.165, 1.54) is 7.11 Å². The predicted octanol–water partition coefficient (Wildman–Crippen LogP) is 4.46. The molecule has 2 N–H and O–H groups in total. The molecular formula is C30H34N4O5. The molecule has 2 unspecified atom stereocenters. The number of rotatable bonds is 1. The molecule has 39 heavy (non-hydrogen) atoms. The van der Waals surface area contributed by atoms with Gasteiger partial charge in [0, 0.05) is 36.0 Å². The van der Waals surface area contributed by atoms with Crippen molar-refractivity contribution >= 4 is 23.8 Å². The molecule has 0 saturated heterocycles. The van der Waals surface area contributed by atoms with Crippen molar-refractivity contribution in [2.24, 2.45) is 4.99 Å². The molecule has 2 amide bonds. The van der Waals surface area contributed by atoms with Gasteiger partial charge in [0.2, 0.25) is 11.9 Å². The monoisotopic (exact) mass is 530 g/mol. The Morgan fingerprint density at radius 1 is 1.10 bits per heavy atom. The molecular weight excluding hydrogens is 496 g/mol. The average molecular weight is 531 g/mol. The summed E-state index contributed by atoms with van der Waals surface area (Å²) in [5, 5.41) is 3.26. The van der Waals surface area contributed by atoms with Crippen LogP contribution >= 0.6 is 0 Å². The van der Waals surface area contributed by atoms with Crippen LogP contribution in [0.4, 0.5) is 0 Å². The summed E-state index contributed by atoms with van der Waals surface area (Å²) in [6.07, 6.45) is 7.21. The van der Waals surface area contributed by atoms with Gasteiger partial charge in [0.1, 0.15) is 17.1 Å². The van der Waals surface area contributed by atoms with E-state index in [4.69, 9.17) is 19.3 Å². The summed E-state index contributed by atoms with van der Waals surface area (Å²) in [4.78, 5) is 38.9. The van der Waals surface area contributed by atoms with E-state index in [2.05, 4.69) is 29.0 Å². The van der Waals surface area contributed by atoms with Crippen LogP contribution in [0.15, 0.2) is 47.5 Å². The Kier molecular flexibility index (Phi) is 6.54. The number of fused-ring (bicyclic) bond motifs is 4. The van der Waals surface area contributed by atoms with Crippen LogP contribution in [-0.4, -0.2) is 48.0 Å². The third-order valence-electron chi connectivity index (χ3n) is 7.77. The van der Waals surface area contributed by atoms with Gasteiger partial charge in [0.15, 0.2) is 0 Å². The molecule has 0 aromatic heterocycles. The largest absolute Gasteiger partial charge is 0.493 e. The SMILES string of the molecule is CONC1=NC2CC/C=C/c3ccc4c(c3)C(CC(C)(C)O4)NC(=O)c3ccc4c(c3)[C@@H](CCO4)N1C(=O)C2. The lowest BCUT2D eigenvalue weighted by molar-refractivity contribution is -0.131. The van der Waals surface area contributed by atoms with E-state index in [0.717, 1.165) is 35.3 Å². The first-order chi connectivity index (χ1) is 18.8. The molecule has 6 bridgehead atoms. The van der Waals surface area contributed by atoms with Gasteiger partial charge in [-0.05, 0) is 62.6 Å². The molecule has 3 atom stereocenters. The zero-order chi connectivity index (χ0) is 27.1. The van der Waals surface area contributed by atoms with Crippen molar-refractivity contribution < 1.29 is 23.9 Å². The van der Waals surface area contributed by atoms with Gasteiger partial charge in [-0.1, -0.05) is 18.2 Å². The number of ether oxygens (including phenoxy) is 2. The Labute approximate surface area is 228 Å². The van der Waals surface area contributed by atoms with Gasteiger partial charge in [0.05, 0.1) is 31.8 Å². The summed E-state index contributed by atoms with van der Waals surface area (Å²) in [5.74, 6) is 1.62. The van der Waals surface area contributed by atoms with Crippen molar-refractivity contribution in [2.45, 2.75) is 69.7 Å². The molecule has 7 rings (SSSR count). The second kappa shape index (κ2) is 10.0. The van der Waals surface area contributed by atoms with Gasteiger partial charge in [-0.2, -0.15) is 0 Å². The lowest BCUT2D eigenvalue weighted by Gasteiger charge is -2.39. The number of benzene rings is 2. The number of amides is 2.